The lowest BCUT2D eigenvalue weighted by Crippen LogP contribution is -2.33. The highest BCUT2D eigenvalue weighted by Crippen LogP contribution is 2.33. The Morgan fingerprint density at radius 1 is 1.53 bits per heavy atom. The minimum Gasteiger partial charge on any atom is -0.312 e. The predicted octanol–water partition coefficient (Wildman–Crippen LogP) is 3.39. The average molecular weight is 286 g/mol. The average Bonchev–Trinajstić information content (AvgIpc) is 2.27. The van der Waals surface area contributed by atoms with Gasteiger partial charge < -0.3 is 4.90 Å². The number of nitrogens with zero attached hydrogens (tertiary/aromatic N) is 1. The van der Waals surface area contributed by atoms with Crippen LogP contribution >= 0.6 is 25.0 Å². The molecule has 0 spiro atoms. The molecule has 1 aromatic carbocycles. The molecule has 0 N–H and O–H groups in total. The van der Waals surface area contributed by atoms with Gasteiger partial charge in [-0.2, -0.15) is 0 Å². The molecule has 1 amide bonds. The lowest BCUT2D eigenvalue weighted by molar-refractivity contribution is -0.116. The third kappa shape index (κ3) is 2.21. The number of aryl methyl sites for hydroxylation is 1. The Labute approximate surface area is 101 Å². The molecule has 0 atom stereocenters. The summed E-state index contributed by atoms with van der Waals surface area (Å²) >= 11 is 3.37. The first kappa shape index (κ1) is 11.0. The maximum absolute atomic E-state index is 11.4. The zero-order valence-corrected chi connectivity index (χ0v) is 10.9. The Morgan fingerprint density at radius 2 is 2.33 bits per heavy atom. The molecule has 1 aliphatic rings. The Kier molecular flexibility index (Phi) is 3.36. The van der Waals surface area contributed by atoms with Gasteiger partial charge in [-0.05, 0) is 61.6 Å². The van der Waals surface area contributed by atoms with Crippen molar-refractivity contribution in [2.45, 2.75) is 24.7 Å². The lowest BCUT2D eigenvalue weighted by Gasteiger charge is -2.28. The summed E-state index contributed by atoms with van der Waals surface area (Å²) in [5.74, 6) is 0.134. The fourth-order valence-electron chi connectivity index (χ4n) is 1.95. The molecule has 0 unspecified atom stereocenters. The molecule has 2 nitrogen and oxygen atoms in total. The van der Waals surface area contributed by atoms with E-state index in [4.69, 9.17) is 0 Å². The molecule has 15 heavy (non-hydrogen) atoms. The van der Waals surface area contributed by atoms with E-state index in [0.717, 1.165) is 25.1 Å². The maximum Gasteiger partial charge on any atom is 0.223 e. The molecule has 1 heterocycles. The van der Waals surface area contributed by atoms with Gasteiger partial charge in [0, 0.05) is 24.1 Å². The second-order valence-corrected chi connectivity index (χ2v) is 5.24. The first-order valence-electron chi connectivity index (χ1n) is 4.92. The van der Waals surface area contributed by atoms with E-state index in [1.165, 1.54) is 10.5 Å². The fraction of sp³-hybridized carbons (Fsp3) is 0.364. The number of anilines is 1. The van der Waals surface area contributed by atoms with E-state index in [9.17, 15) is 4.79 Å². The quantitative estimate of drug-likeness (QED) is 0.788. The van der Waals surface area contributed by atoms with Gasteiger partial charge in [0.1, 0.15) is 0 Å². The number of rotatable bonds is 1. The van der Waals surface area contributed by atoms with E-state index >= 15 is 0 Å². The third-order valence-electron chi connectivity index (χ3n) is 2.64. The van der Waals surface area contributed by atoms with Crippen molar-refractivity contribution in [3.63, 3.8) is 0 Å². The number of hydrogen-bond acceptors (Lipinski definition) is 2. The van der Waals surface area contributed by atoms with Crippen LogP contribution in [-0.4, -0.2) is 12.5 Å². The highest BCUT2D eigenvalue weighted by molar-refractivity contribution is 9.50. The summed E-state index contributed by atoms with van der Waals surface area (Å²) in [6.45, 7) is 2.48. The predicted molar refractivity (Wildman–Crippen MR) is 67.6 cm³/mol. The summed E-state index contributed by atoms with van der Waals surface area (Å²) in [4.78, 5) is 14.5. The molecule has 0 saturated heterocycles. The van der Waals surface area contributed by atoms with Crippen molar-refractivity contribution in [3.8, 4) is 0 Å². The molecule has 1 aromatic rings. The highest BCUT2D eigenvalue weighted by atomic mass is 79.9. The zero-order valence-electron chi connectivity index (χ0n) is 8.50. The summed E-state index contributed by atoms with van der Waals surface area (Å²) in [6, 6.07) is 6.24. The lowest BCUT2D eigenvalue weighted by atomic mass is 10.0. The highest BCUT2D eigenvalue weighted by Gasteiger charge is 2.19. The topological polar surface area (TPSA) is 20.3 Å². The van der Waals surface area contributed by atoms with Crippen LogP contribution in [0.1, 0.15) is 18.9 Å². The molecule has 4 heteroatoms. The van der Waals surface area contributed by atoms with E-state index in [1.54, 1.807) is 17.1 Å². The Hall–Kier alpha value is -0.480. The molecule has 2 rings (SSSR count). The molecule has 0 aliphatic carbocycles. The van der Waals surface area contributed by atoms with Gasteiger partial charge >= 0.3 is 0 Å². The first-order chi connectivity index (χ1) is 7.22. The minimum atomic E-state index is 0.134. The number of fused-ring (bicyclic) bond motifs is 1. The van der Waals surface area contributed by atoms with Gasteiger partial charge in [0.2, 0.25) is 5.91 Å². The van der Waals surface area contributed by atoms with Gasteiger partial charge in [-0.25, -0.2) is 0 Å². The van der Waals surface area contributed by atoms with Crippen molar-refractivity contribution in [1.82, 2.24) is 0 Å². The summed E-state index contributed by atoms with van der Waals surface area (Å²) in [5.41, 5.74) is 2.36. The van der Waals surface area contributed by atoms with Gasteiger partial charge in [-0.1, -0.05) is 0 Å². The normalized spacial score (nSPS) is 14.9. The number of carbonyl (C=O) groups excluding carboxylic acids is 1. The van der Waals surface area contributed by atoms with Crippen molar-refractivity contribution in [2.24, 2.45) is 0 Å². The summed E-state index contributed by atoms with van der Waals surface area (Å²) < 4.78 is 0. The zero-order chi connectivity index (χ0) is 10.8. The smallest absolute Gasteiger partial charge is 0.223 e. The van der Waals surface area contributed by atoms with Crippen LogP contribution in [0.2, 0.25) is 0 Å². The van der Waals surface area contributed by atoms with Crippen molar-refractivity contribution in [1.29, 1.82) is 0 Å². The number of halogens is 1. The van der Waals surface area contributed by atoms with Gasteiger partial charge in [-0.3, -0.25) is 4.79 Å². The fourth-order valence-corrected chi connectivity index (χ4v) is 2.86. The van der Waals surface area contributed by atoms with Gasteiger partial charge in [0.05, 0.1) is 0 Å². The molecular weight excluding hydrogens is 274 g/mol. The van der Waals surface area contributed by atoms with Crippen LogP contribution in [0.15, 0.2) is 23.1 Å². The molecule has 0 bridgehead atoms. The van der Waals surface area contributed by atoms with Crippen LogP contribution in [0.4, 0.5) is 5.69 Å². The van der Waals surface area contributed by atoms with Crippen LogP contribution in [0.25, 0.3) is 0 Å². The molecular formula is C11H12BrNOS. The van der Waals surface area contributed by atoms with Crippen molar-refractivity contribution >= 4 is 36.6 Å². The number of carbonyl (C=O) groups is 1. The van der Waals surface area contributed by atoms with Crippen LogP contribution in [-0.2, 0) is 11.2 Å². The van der Waals surface area contributed by atoms with Gasteiger partial charge in [-0.15, -0.1) is 0 Å². The Balaban J connectivity index is 2.40. The van der Waals surface area contributed by atoms with E-state index in [0.29, 0.717) is 0 Å². The molecule has 0 saturated carbocycles. The molecule has 80 valence electrons. The minimum absolute atomic E-state index is 0.134. The van der Waals surface area contributed by atoms with Crippen LogP contribution in [0.5, 0.6) is 0 Å². The summed E-state index contributed by atoms with van der Waals surface area (Å²) in [7, 11) is 1.56. The monoisotopic (exact) mass is 285 g/mol. The molecule has 0 aromatic heterocycles. The molecule has 0 radical (unpaired) electrons. The van der Waals surface area contributed by atoms with Crippen LogP contribution < -0.4 is 4.90 Å². The van der Waals surface area contributed by atoms with Crippen molar-refractivity contribution in [2.75, 3.05) is 11.4 Å². The summed E-state index contributed by atoms with van der Waals surface area (Å²) in [6.07, 6.45) is 2.13. The van der Waals surface area contributed by atoms with E-state index in [2.05, 4.69) is 20.9 Å². The van der Waals surface area contributed by atoms with E-state index < -0.39 is 0 Å². The SMILES string of the molecule is CC(=O)N1CCCc2cc(SBr)ccc21. The second-order valence-electron chi connectivity index (χ2n) is 3.64. The van der Waals surface area contributed by atoms with Gasteiger partial charge in [0.25, 0.3) is 0 Å². The molecule has 1 aliphatic heterocycles. The van der Waals surface area contributed by atoms with Crippen LogP contribution in [0.3, 0.4) is 0 Å². The maximum atomic E-state index is 11.4. The Bertz CT molecular complexity index is 394. The second kappa shape index (κ2) is 4.58. The van der Waals surface area contributed by atoms with Crippen molar-refractivity contribution < 1.29 is 4.79 Å². The first-order valence-corrected chi connectivity index (χ1v) is 7.58. The summed E-state index contributed by atoms with van der Waals surface area (Å²) in [5, 5.41) is 0. The van der Waals surface area contributed by atoms with E-state index in [1.807, 2.05) is 17.0 Å². The van der Waals surface area contributed by atoms with Gasteiger partial charge in [0.15, 0.2) is 0 Å². The largest absolute Gasteiger partial charge is 0.312 e. The van der Waals surface area contributed by atoms with Crippen LogP contribution in [0, 0.1) is 0 Å². The van der Waals surface area contributed by atoms with E-state index in [-0.39, 0.29) is 5.91 Å². The number of amides is 1. The molecule has 0 fully saturated rings. The Morgan fingerprint density at radius 3 is 3.00 bits per heavy atom. The number of benzene rings is 1. The third-order valence-corrected chi connectivity index (χ3v) is 4.19. The number of hydrogen-bond donors (Lipinski definition) is 0. The standard InChI is InChI=1S/C11H12BrNOS/c1-8(14)13-6-2-3-9-7-10(15-12)4-5-11(9)13/h4-5,7H,2-3,6H2,1H3. The van der Waals surface area contributed by atoms with Crippen molar-refractivity contribution in [3.05, 3.63) is 23.8 Å².